The molecule has 1 aliphatic rings. The topological polar surface area (TPSA) is 37.2 Å². The SMILES string of the molecule is COc1ccc(N2C(c3ccccc3)=NC(C(Cl)(Cl)Cl)=NC2C(Cl)(Cl)Cl)cc1. The average molecular weight is 500 g/mol. The Hall–Kier alpha value is -0.880. The summed E-state index contributed by atoms with van der Waals surface area (Å²) in [4.78, 5) is 10.5. The zero-order valence-electron chi connectivity index (χ0n) is 14.3. The van der Waals surface area contributed by atoms with Crippen molar-refractivity contribution in [3.63, 3.8) is 0 Å². The highest BCUT2D eigenvalue weighted by atomic mass is 35.6. The van der Waals surface area contributed by atoms with E-state index in [1.54, 1.807) is 36.3 Å². The van der Waals surface area contributed by atoms with Gasteiger partial charge in [-0.25, -0.2) is 9.98 Å². The van der Waals surface area contributed by atoms with E-state index in [0.717, 1.165) is 5.56 Å². The summed E-state index contributed by atoms with van der Waals surface area (Å²) in [5.74, 6) is 1.03. The minimum Gasteiger partial charge on any atom is -0.497 e. The molecule has 3 rings (SSSR count). The summed E-state index contributed by atoms with van der Waals surface area (Å²) in [5.41, 5.74) is 1.41. The molecule has 4 nitrogen and oxygen atoms in total. The van der Waals surface area contributed by atoms with Gasteiger partial charge in [0.05, 0.1) is 7.11 Å². The lowest BCUT2D eigenvalue weighted by Gasteiger charge is -2.39. The second-order valence-corrected chi connectivity index (χ2v) is 10.4. The maximum Gasteiger partial charge on any atom is 0.249 e. The summed E-state index contributed by atoms with van der Waals surface area (Å²) in [7, 11) is 1.58. The lowest BCUT2D eigenvalue weighted by atomic mass is 10.1. The predicted molar refractivity (Wildman–Crippen MR) is 120 cm³/mol. The van der Waals surface area contributed by atoms with E-state index in [0.29, 0.717) is 17.3 Å². The quantitative estimate of drug-likeness (QED) is 0.456. The Morgan fingerprint density at radius 3 is 2.00 bits per heavy atom. The van der Waals surface area contributed by atoms with Crippen LogP contribution in [-0.4, -0.2) is 32.5 Å². The van der Waals surface area contributed by atoms with Gasteiger partial charge < -0.3 is 4.74 Å². The molecule has 1 aliphatic heterocycles. The molecule has 0 fully saturated rings. The van der Waals surface area contributed by atoms with Gasteiger partial charge in [0.25, 0.3) is 0 Å². The standard InChI is InChI=1S/C18H13Cl6N3O/c1-28-13-9-7-12(8-10-13)27-14(11-5-3-2-4-6-11)25-15(17(19,20)21)26-16(27)18(22,23)24/h2-10,16H,1H3. The molecule has 0 amide bonds. The minimum atomic E-state index is -1.89. The van der Waals surface area contributed by atoms with Crippen LogP contribution in [0.1, 0.15) is 5.56 Å². The van der Waals surface area contributed by atoms with Gasteiger partial charge in [0.15, 0.2) is 12.0 Å². The lowest BCUT2D eigenvalue weighted by Crippen LogP contribution is -2.51. The van der Waals surface area contributed by atoms with Crippen LogP contribution >= 0.6 is 69.6 Å². The van der Waals surface area contributed by atoms with Crippen LogP contribution in [0.15, 0.2) is 64.6 Å². The van der Waals surface area contributed by atoms with Crippen molar-refractivity contribution in [3.05, 3.63) is 60.2 Å². The van der Waals surface area contributed by atoms with Crippen LogP contribution in [0.2, 0.25) is 0 Å². The molecular weight excluding hydrogens is 487 g/mol. The number of ether oxygens (including phenoxy) is 1. The Labute approximate surface area is 192 Å². The van der Waals surface area contributed by atoms with Gasteiger partial charge in [-0.05, 0) is 24.3 Å². The fourth-order valence-electron chi connectivity index (χ4n) is 2.63. The third-order valence-electron chi connectivity index (χ3n) is 3.86. The Kier molecular flexibility index (Phi) is 6.60. The minimum absolute atomic E-state index is 0.0718. The maximum absolute atomic E-state index is 6.26. The van der Waals surface area contributed by atoms with Crippen LogP contribution in [0.25, 0.3) is 0 Å². The van der Waals surface area contributed by atoms with E-state index in [1.807, 2.05) is 30.3 Å². The van der Waals surface area contributed by atoms with Gasteiger partial charge in [-0.2, -0.15) is 0 Å². The molecule has 0 aliphatic carbocycles. The zero-order valence-corrected chi connectivity index (χ0v) is 18.8. The monoisotopic (exact) mass is 497 g/mol. The number of amidine groups is 2. The van der Waals surface area contributed by atoms with Crippen molar-refractivity contribution in [2.45, 2.75) is 13.8 Å². The molecule has 0 aromatic heterocycles. The molecule has 1 atom stereocenters. The number of rotatable bonds is 3. The summed E-state index contributed by atoms with van der Waals surface area (Å²) in [6.45, 7) is 0. The molecular formula is C18H13Cl6N3O. The Bertz CT molecular complexity index is 888. The van der Waals surface area contributed by atoms with E-state index in [-0.39, 0.29) is 5.84 Å². The first-order valence-electron chi connectivity index (χ1n) is 7.90. The number of alkyl halides is 6. The molecule has 0 saturated heterocycles. The number of halogens is 6. The van der Waals surface area contributed by atoms with Gasteiger partial charge in [-0.3, -0.25) is 4.90 Å². The number of nitrogens with zero attached hydrogens (tertiary/aromatic N) is 3. The van der Waals surface area contributed by atoms with Gasteiger partial charge in [0.1, 0.15) is 11.6 Å². The van der Waals surface area contributed by atoms with Crippen molar-refractivity contribution >= 4 is 87.0 Å². The van der Waals surface area contributed by atoms with Gasteiger partial charge in [-0.1, -0.05) is 99.9 Å². The normalized spacial score (nSPS) is 17.8. The fraction of sp³-hybridized carbons (Fsp3) is 0.222. The van der Waals surface area contributed by atoms with E-state index in [9.17, 15) is 0 Å². The van der Waals surface area contributed by atoms with Crippen molar-refractivity contribution in [2.75, 3.05) is 12.0 Å². The van der Waals surface area contributed by atoms with Gasteiger partial charge in [0.2, 0.25) is 7.59 Å². The number of methoxy groups -OCH3 is 1. The third-order valence-corrected chi connectivity index (χ3v) is 4.95. The first-order chi connectivity index (χ1) is 13.1. The summed E-state index contributed by atoms with van der Waals surface area (Å²) in [6, 6.07) is 16.5. The average Bonchev–Trinajstić information content (AvgIpc) is 2.66. The van der Waals surface area contributed by atoms with Gasteiger partial charge in [-0.15, -0.1) is 0 Å². The summed E-state index contributed by atoms with van der Waals surface area (Å²) in [5, 5.41) is 0. The first kappa shape index (κ1) is 21.8. The van der Waals surface area contributed by atoms with E-state index in [4.69, 9.17) is 74.3 Å². The number of hydrogen-bond acceptors (Lipinski definition) is 4. The molecule has 0 bridgehead atoms. The van der Waals surface area contributed by atoms with E-state index in [1.165, 1.54) is 0 Å². The second kappa shape index (κ2) is 8.47. The molecule has 1 unspecified atom stereocenters. The van der Waals surface area contributed by atoms with Crippen LogP contribution in [0.3, 0.4) is 0 Å². The Morgan fingerprint density at radius 1 is 0.893 bits per heavy atom. The van der Waals surface area contributed by atoms with Gasteiger partial charge in [0, 0.05) is 11.3 Å². The van der Waals surface area contributed by atoms with Crippen LogP contribution in [0.5, 0.6) is 5.75 Å². The van der Waals surface area contributed by atoms with Crippen molar-refractivity contribution in [1.29, 1.82) is 0 Å². The number of benzene rings is 2. The van der Waals surface area contributed by atoms with Crippen LogP contribution in [0.4, 0.5) is 5.69 Å². The number of anilines is 1. The first-order valence-corrected chi connectivity index (χ1v) is 10.2. The zero-order chi connectivity index (χ0) is 20.5. The maximum atomic E-state index is 6.26. The van der Waals surface area contributed by atoms with Crippen molar-refractivity contribution < 1.29 is 4.74 Å². The van der Waals surface area contributed by atoms with Crippen molar-refractivity contribution in [1.82, 2.24) is 0 Å². The summed E-state index contributed by atoms with van der Waals surface area (Å²) >= 11 is 36.9. The summed E-state index contributed by atoms with van der Waals surface area (Å²) in [6.07, 6.45) is -1.02. The number of hydrogen-bond donors (Lipinski definition) is 0. The molecule has 2 aromatic carbocycles. The van der Waals surface area contributed by atoms with E-state index < -0.39 is 13.8 Å². The third kappa shape index (κ3) is 4.81. The number of aliphatic imine (C=N–C) groups is 2. The van der Waals surface area contributed by atoms with Crippen molar-refractivity contribution in [3.8, 4) is 5.75 Å². The largest absolute Gasteiger partial charge is 0.497 e. The van der Waals surface area contributed by atoms with E-state index in [2.05, 4.69) is 9.98 Å². The molecule has 10 heteroatoms. The predicted octanol–water partition coefficient (Wildman–Crippen LogP) is 6.43. The second-order valence-electron chi connectivity index (χ2n) is 5.74. The molecule has 0 spiro atoms. The molecule has 1 heterocycles. The molecule has 2 aromatic rings. The van der Waals surface area contributed by atoms with Gasteiger partial charge >= 0.3 is 0 Å². The van der Waals surface area contributed by atoms with E-state index >= 15 is 0 Å². The Balaban J connectivity index is 2.21. The Morgan fingerprint density at radius 2 is 1.50 bits per heavy atom. The molecule has 148 valence electrons. The van der Waals surface area contributed by atoms with Crippen LogP contribution < -0.4 is 9.64 Å². The highest BCUT2D eigenvalue weighted by Gasteiger charge is 2.45. The lowest BCUT2D eigenvalue weighted by molar-refractivity contribution is 0.415. The molecule has 28 heavy (non-hydrogen) atoms. The molecule has 0 saturated carbocycles. The smallest absolute Gasteiger partial charge is 0.249 e. The van der Waals surface area contributed by atoms with Crippen molar-refractivity contribution in [2.24, 2.45) is 9.98 Å². The van der Waals surface area contributed by atoms with Crippen LogP contribution in [0, 0.1) is 0 Å². The summed E-state index contributed by atoms with van der Waals surface area (Å²) < 4.78 is 1.49. The highest BCUT2D eigenvalue weighted by molar-refractivity contribution is 6.77. The fourth-order valence-corrected chi connectivity index (χ4v) is 3.34. The molecule has 0 radical (unpaired) electrons. The molecule has 0 N–H and O–H groups in total. The highest BCUT2D eigenvalue weighted by Crippen LogP contribution is 2.41. The van der Waals surface area contributed by atoms with Crippen LogP contribution in [-0.2, 0) is 0 Å².